The molecule has 92 valence electrons. The molecule has 0 radical (unpaired) electrons. The molecule has 0 saturated heterocycles. The van der Waals surface area contributed by atoms with Crippen molar-refractivity contribution in [1.82, 2.24) is 0 Å². The van der Waals surface area contributed by atoms with Gasteiger partial charge < -0.3 is 15.2 Å². The van der Waals surface area contributed by atoms with Crippen molar-refractivity contribution in [3.05, 3.63) is 27.7 Å². The summed E-state index contributed by atoms with van der Waals surface area (Å²) in [5, 5.41) is 11.5. The molecule has 5 nitrogen and oxygen atoms in total. The van der Waals surface area contributed by atoms with Crippen molar-refractivity contribution in [2.45, 2.75) is 0 Å². The summed E-state index contributed by atoms with van der Waals surface area (Å²) >= 11 is 11.5. The van der Waals surface area contributed by atoms with Crippen molar-refractivity contribution in [3.8, 4) is 0 Å². The van der Waals surface area contributed by atoms with Gasteiger partial charge in [-0.15, -0.1) is 0 Å². The molecule has 0 heterocycles. The van der Waals surface area contributed by atoms with E-state index >= 15 is 0 Å². The molecule has 0 aliphatic carbocycles. The maximum Gasteiger partial charge on any atom is 0.339 e. The second-order valence-corrected chi connectivity index (χ2v) is 3.94. The third-order valence-corrected chi connectivity index (χ3v) is 2.33. The third kappa shape index (κ3) is 3.59. The maximum absolute atomic E-state index is 11.3. The SMILES string of the molecule is COCC(=O)Nc1cc(Cl)cc(Cl)c1C(=O)O. The number of carboxylic acids is 1. The summed E-state index contributed by atoms with van der Waals surface area (Å²) in [6, 6.07) is 2.60. The fourth-order valence-corrected chi connectivity index (χ4v) is 1.78. The highest BCUT2D eigenvalue weighted by molar-refractivity contribution is 6.37. The monoisotopic (exact) mass is 277 g/mol. The van der Waals surface area contributed by atoms with E-state index in [-0.39, 0.29) is 27.9 Å². The molecule has 1 rings (SSSR count). The molecule has 0 fully saturated rings. The van der Waals surface area contributed by atoms with E-state index in [1.54, 1.807) is 0 Å². The Morgan fingerprint density at radius 2 is 2.06 bits per heavy atom. The van der Waals surface area contributed by atoms with Gasteiger partial charge >= 0.3 is 5.97 Å². The number of ether oxygens (including phenoxy) is 1. The zero-order valence-electron chi connectivity index (χ0n) is 8.79. The lowest BCUT2D eigenvalue weighted by Gasteiger charge is -2.10. The summed E-state index contributed by atoms with van der Waals surface area (Å²) in [6.07, 6.45) is 0. The second-order valence-electron chi connectivity index (χ2n) is 3.10. The van der Waals surface area contributed by atoms with Gasteiger partial charge in [-0.2, -0.15) is 0 Å². The minimum absolute atomic E-state index is 0.0389. The number of hydrogen-bond acceptors (Lipinski definition) is 3. The van der Waals surface area contributed by atoms with Gasteiger partial charge in [-0.3, -0.25) is 4.79 Å². The standard InChI is InChI=1S/C10H9Cl2NO4/c1-17-4-8(14)13-7-3-5(11)2-6(12)9(7)10(15)16/h2-3H,4H2,1H3,(H,13,14)(H,15,16). The number of amides is 1. The normalized spacial score (nSPS) is 10.1. The number of carbonyl (C=O) groups is 2. The summed E-state index contributed by atoms with van der Waals surface area (Å²) in [5.74, 6) is -1.74. The quantitative estimate of drug-likeness (QED) is 0.885. The average molecular weight is 278 g/mol. The molecule has 7 heteroatoms. The van der Waals surface area contributed by atoms with E-state index in [1.165, 1.54) is 19.2 Å². The van der Waals surface area contributed by atoms with Crippen LogP contribution in [-0.4, -0.2) is 30.7 Å². The second kappa shape index (κ2) is 5.86. The fourth-order valence-electron chi connectivity index (χ4n) is 1.21. The van der Waals surface area contributed by atoms with Crippen molar-refractivity contribution in [2.75, 3.05) is 19.0 Å². The van der Waals surface area contributed by atoms with Crippen LogP contribution in [0.25, 0.3) is 0 Å². The molecule has 0 bridgehead atoms. The minimum atomic E-state index is -1.25. The predicted octanol–water partition coefficient (Wildman–Crippen LogP) is 2.28. The summed E-state index contributed by atoms with van der Waals surface area (Å²) < 4.78 is 4.61. The van der Waals surface area contributed by atoms with E-state index in [1.807, 2.05) is 0 Å². The van der Waals surface area contributed by atoms with Crippen LogP contribution in [-0.2, 0) is 9.53 Å². The van der Waals surface area contributed by atoms with E-state index in [0.29, 0.717) is 0 Å². The van der Waals surface area contributed by atoms with Gasteiger partial charge in [-0.05, 0) is 12.1 Å². The van der Waals surface area contributed by atoms with Gasteiger partial charge in [0.25, 0.3) is 0 Å². The van der Waals surface area contributed by atoms with Gasteiger partial charge in [-0.1, -0.05) is 23.2 Å². The molecular formula is C10H9Cl2NO4. The molecule has 17 heavy (non-hydrogen) atoms. The highest BCUT2D eigenvalue weighted by Crippen LogP contribution is 2.29. The summed E-state index contributed by atoms with van der Waals surface area (Å²) in [5.41, 5.74) is -0.169. The summed E-state index contributed by atoms with van der Waals surface area (Å²) in [4.78, 5) is 22.3. The molecule has 0 aliphatic heterocycles. The Hall–Kier alpha value is -1.30. The molecule has 0 aromatic heterocycles. The smallest absolute Gasteiger partial charge is 0.339 e. The van der Waals surface area contributed by atoms with Gasteiger partial charge in [0, 0.05) is 12.1 Å². The van der Waals surface area contributed by atoms with Gasteiger partial charge in [0.15, 0.2) is 0 Å². The number of carboxylic acid groups (broad SMARTS) is 1. The molecule has 0 atom stereocenters. The van der Waals surface area contributed by atoms with Crippen LogP contribution in [0.15, 0.2) is 12.1 Å². The first-order chi connectivity index (χ1) is 7.95. The van der Waals surface area contributed by atoms with Crippen molar-refractivity contribution in [3.63, 3.8) is 0 Å². The lowest BCUT2D eigenvalue weighted by atomic mass is 10.1. The molecule has 0 aliphatic rings. The van der Waals surface area contributed by atoms with Crippen LogP contribution in [0.4, 0.5) is 5.69 Å². The first-order valence-corrected chi connectivity index (χ1v) is 5.22. The number of aromatic carboxylic acids is 1. The number of benzene rings is 1. The topological polar surface area (TPSA) is 75.6 Å². The molecule has 0 unspecified atom stereocenters. The van der Waals surface area contributed by atoms with Crippen LogP contribution in [0.3, 0.4) is 0 Å². The van der Waals surface area contributed by atoms with Crippen molar-refractivity contribution < 1.29 is 19.4 Å². The Morgan fingerprint density at radius 1 is 1.41 bits per heavy atom. The van der Waals surface area contributed by atoms with Crippen LogP contribution >= 0.6 is 23.2 Å². The summed E-state index contributed by atoms with van der Waals surface area (Å²) in [6.45, 7) is -0.191. The van der Waals surface area contributed by atoms with Gasteiger partial charge in [0.2, 0.25) is 5.91 Å². The lowest BCUT2D eigenvalue weighted by Crippen LogP contribution is -2.19. The number of carbonyl (C=O) groups excluding carboxylic acids is 1. The lowest BCUT2D eigenvalue weighted by molar-refractivity contribution is -0.119. The minimum Gasteiger partial charge on any atom is -0.478 e. The average Bonchev–Trinajstić information content (AvgIpc) is 2.15. The Bertz CT molecular complexity index is 462. The van der Waals surface area contributed by atoms with Crippen LogP contribution < -0.4 is 5.32 Å². The predicted molar refractivity (Wildman–Crippen MR) is 63.9 cm³/mol. The van der Waals surface area contributed by atoms with Crippen LogP contribution in [0.1, 0.15) is 10.4 Å². The van der Waals surface area contributed by atoms with Crippen LogP contribution in [0.2, 0.25) is 10.0 Å². The van der Waals surface area contributed by atoms with E-state index < -0.39 is 11.9 Å². The van der Waals surface area contributed by atoms with Crippen LogP contribution in [0.5, 0.6) is 0 Å². The summed E-state index contributed by atoms with van der Waals surface area (Å²) in [7, 11) is 1.35. The Kier molecular flexibility index (Phi) is 4.74. The molecule has 0 saturated carbocycles. The van der Waals surface area contributed by atoms with E-state index in [2.05, 4.69) is 10.1 Å². The molecule has 1 aromatic carbocycles. The first-order valence-electron chi connectivity index (χ1n) is 4.46. The zero-order valence-corrected chi connectivity index (χ0v) is 10.3. The Labute approximate surface area is 107 Å². The van der Waals surface area contributed by atoms with E-state index in [4.69, 9.17) is 28.3 Å². The maximum atomic E-state index is 11.3. The van der Waals surface area contributed by atoms with Gasteiger partial charge in [-0.25, -0.2) is 4.79 Å². The highest BCUT2D eigenvalue weighted by Gasteiger charge is 2.17. The molecule has 1 amide bonds. The van der Waals surface area contributed by atoms with Crippen molar-refractivity contribution in [2.24, 2.45) is 0 Å². The highest BCUT2D eigenvalue weighted by atomic mass is 35.5. The fraction of sp³-hybridized carbons (Fsp3) is 0.200. The van der Waals surface area contributed by atoms with Crippen LogP contribution in [0, 0.1) is 0 Å². The van der Waals surface area contributed by atoms with Crippen molar-refractivity contribution in [1.29, 1.82) is 0 Å². The number of nitrogens with one attached hydrogen (secondary N) is 1. The molecule has 0 spiro atoms. The van der Waals surface area contributed by atoms with E-state index in [9.17, 15) is 9.59 Å². The number of rotatable bonds is 4. The number of anilines is 1. The first kappa shape index (κ1) is 13.8. The molecule has 1 aromatic rings. The zero-order chi connectivity index (χ0) is 13.0. The number of halogens is 2. The van der Waals surface area contributed by atoms with Gasteiger partial charge in [0.05, 0.1) is 10.7 Å². The Morgan fingerprint density at radius 3 is 2.59 bits per heavy atom. The van der Waals surface area contributed by atoms with Gasteiger partial charge in [0.1, 0.15) is 12.2 Å². The van der Waals surface area contributed by atoms with E-state index in [0.717, 1.165) is 0 Å². The number of methoxy groups -OCH3 is 1. The van der Waals surface area contributed by atoms with Crippen molar-refractivity contribution >= 4 is 40.8 Å². The third-order valence-electron chi connectivity index (χ3n) is 1.82. The molecular weight excluding hydrogens is 269 g/mol. The Balaban J connectivity index is 3.12. The largest absolute Gasteiger partial charge is 0.478 e. The molecule has 2 N–H and O–H groups in total. The number of hydrogen-bond donors (Lipinski definition) is 2.